The van der Waals surface area contributed by atoms with E-state index in [1.54, 1.807) is 7.11 Å². The van der Waals surface area contributed by atoms with Crippen LogP contribution < -0.4 is 4.74 Å². The van der Waals surface area contributed by atoms with E-state index in [0.29, 0.717) is 5.92 Å². The number of ether oxygens (including phenoxy) is 1. The minimum atomic E-state index is 0.535. The highest BCUT2D eigenvalue weighted by Crippen LogP contribution is 2.29. The number of methoxy groups -OCH3 is 1. The van der Waals surface area contributed by atoms with Crippen LogP contribution in [0.25, 0.3) is 11.1 Å². The second-order valence-electron chi connectivity index (χ2n) is 4.47. The van der Waals surface area contributed by atoms with Gasteiger partial charge >= 0.3 is 0 Å². The molecule has 2 aromatic rings. The lowest BCUT2D eigenvalue weighted by molar-refractivity contribution is 0.415. The van der Waals surface area contributed by atoms with E-state index < -0.39 is 0 Å². The Morgan fingerprint density at radius 2 is 1.53 bits per heavy atom. The molecule has 0 atom stereocenters. The van der Waals surface area contributed by atoms with E-state index in [4.69, 9.17) is 4.74 Å². The third kappa shape index (κ3) is 2.50. The maximum absolute atomic E-state index is 5.18. The molecule has 2 aromatic carbocycles. The second kappa shape index (κ2) is 5.05. The van der Waals surface area contributed by atoms with Crippen LogP contribution in [0, 0.1) is 0 Å². The highest BCUT2D eigenvalue weighted by atomic mass is 16.5. The highest BCUT2D eigenvalue weighted by molar-refractivity contribution is 5.68. The third-order valence-electron chi connectivity index (χ3n) is 2.98. The monoisotopic (exact) mass is 226 g/mol. The Labute approximate surface area is 103 Å². The predicted molar refractivity (Wildman–Crippen MR) is 72.5 cm³/mol. The van der Waals surface area contributed by atoms with Crippen LogP contribution in [0.1, 0.15) is 25.3 Å². The van der Waals surface area contributed by atoms with Crippen molar-refractivity contribution in [3.63, 3.8) is 0 Å². The molecule has 0 bridgehead atoms. The number of rotatable bonds is 3. The first-order valence-corrected chi connectivity index (χ1v) is 5.95. The van der Waals surface area contributed by atoms with E-state index >= 15 is 0 Å². The quantitative estimate of drug-likeness (QED) is 0.749. The van der Waals surface area contributed by atoms with Gasteiger partial charge in [-0.25, -0.2) is 0 Å². The van der Waals surface area contributed by atoms with Crippen molar-refractivity contribution in [1.82, 2.24) is 0 Å². The number of hydrogen-bond acceptors (Lipinski definition) is 1. The fourth-order valence-corrected chi connectivity index (χ4v) is 2.03. The number of benzene rings is 2. The van der Waals surface area contributed by atoms with Gasteiger partial charge < -0.3 is 4.74 Å². The summed E-state index contributed by atoms with van der Waals surface area (Å²) in [4.78, 5) is 0. The Balaban J connectivity index is 2.45. The Kier molecular flexibility index (Phi) is 3.48. The lowest BCUT2D eigenvalue weighted by Gasteiger charge is -2.13. The van der Waals surface area contributed by atoms with Crippen molar-refractivity contribution in [2.45, 2.75) is 19.8 Å². The lowest BCUT2D eigenvalue weighted by Crippen LogP contribution is -1.92. The fourth-order valence-electron chi connectivity index (χ4n) is 2.03. The van der Waals surface area contributed by atoms with Gasteiger partial charge in [-0.2, -0.15) is 0 Å². The van der Waals surface area contributed by atoms with Gasteiger partial charge in [-0.1, -0.05) is 50.2 Å². The third-order valence-corrected chi connectivity index (χ3v) is 2.98. The van der Waals surface area contributed by atoms with Gasteiger partial charge in [0.25, 0.3) is 0 Å². The molecule has 0 spiro atoms. The Morgan fingerprint density at radius 1 is 0.882 bits per heavy atom. The van der Waals surface area contributed by atoms with Gasteiger partial charge in [-0.15, -0.1) is 0 Å². The van der Waals surface area contributed by atoms with Crippen LogP contribution in [0.5, 0.6) is 5.75 Å². The number of hydrogen-bond donors (Lipinski definition) is 0. The first kappa shape index (κ1) is 11.7. The zero-order valence-electron chi connectivity index (χ0n) is 10.6. The van der Waals surface area contributed by atoms with Crippen molar-refractivity contribution < 1.29 is 4.74 Å². The van der Waals surface area contributed by atoms with E-state index in [1.165, 1.54) is 16.7 Å². The largest absolute Gasteiger partial charge is 0.497 e. The molecule has 88 valence electrons. The van der Waals surface area contributed by atoms with Gasteiger partial charge in [0.05, 0.1) is 7.11 Å². The van der Waals surface area contributed by atoms with E-state index in [1.807, 2.05) is 12.1 Å². The van der Waals surface area contributed by atoms with Crippen molar-refractivity contribution >= 4 is 0 Å². The molecule has 0 saturated carbocycles. The molecular formula is C16H18O. The maximum Gasteiger partial charge on any atom is 0.118 e. The van der Waals surface area contributed by atoms with Crippen LogP contribution in [0.2, 0.25) is 0 Å². The Bertz CT molecular complexity index is 483. The molecule has 0 aliphatic carbocycles. The predicted octanol–water partition coefficient (Wildman–Crippen LogP) is 4.49. The topological polar surface area (TPSA) is 9.23 Å². The summed E-state index contributed by atoms with van der Waals surface area (Å²) < 4.78 is 5.18. The van der Waals surface area contributed by atoms with Gasteiger partial charge in [0.2, 0.25) is 0 Å². The van der Waals surface area contributed by atoms with E-state index in [2.05, 4.69) is 50.2 Å². The SMILES string of the molecule is COc1ccc(-c2ccccc2C(C)C)cc1. The normalized spacial score (nSPS) is 10.6. The molecule has 2 rings (SSSR count). The van der Waals surface area contributed by atoms with Crippen LogP contribution in [-0.2, 0) is 0 Å². The zero-order valence-corrected chi connectivity index (χ0v) is 10.6. The van der Waals surface area contributed by atoms with Crippen LogP contribution in [0.4, 0.5) is 0 Å². The average Bonchev–Trinajstić information content (AvgIpc) is 2.39. The minimum absolute atomic E-state index is 0.535. The van der Waals surface area contributed by atoms with Crippen molar-refractivity contribution in [2.75, 3.05) is 7.11 Å². The van der Waals surface area contributed by atoms with Crippen LogP contribution >= 0.6 is 0 Å². The van der Waals surface area contributed by atoms with Gasteiger partial charge in [-0.05, 0) is 34.7 Å². The van der Waals surface area contributed by atoms with Gasteiger partial charge in [-0.3, -0.25) is 0 Å². The Hall–Kier alpha value is -1.76. The molecular weight excluding hydrogens is 208 g/mol. The van der Waals surface area contributed by atoms with E-state index in [0.717, 1.165) is 5.75 Å². The van der Waals surface area contributed by atoms with E-state index in [-0.39, 0.29) is 0 Å². The van der Waals surface area contributed by atoms with Gasteiger partial charge in [0.15, 0.2) is 0 Å². The smallest absolute Gasteiger partial charge is 0.118 e. The summed E-state index contributed by atoms with van der Waals surface area (Å²) in [5.74, 6) is 1.43. The molecule has 0 N–H and O–H groups in total. The van der Waals surface area contributed by atoms with Crippen LogP contribution in [0.3, 0.4) is 0 Å². The second-order valence-corrected chi connectivity index (χ2v) is 4.47. The minimum Gasteiger partial charge on any atom is -0.497 e. The molecule has 0 unspecified atom stereocenters. The molecule has 0 aromatic heterocycles. The van der Waals surface area contributed by atoms with Crippen molar-refractivity contribution in [3.8, 4) is 16.9 Å². The first-order chi connectivity index (χ1) is 8.22. The zero-order chi connectivity index (χ0) is 12.3. The van der Waals surface area contributed by atoms with Crippen molar-refractivity contribution in [3.05, 3.63) is 54.1 Å². The first-order valence-electron chi connectivity index (χ1n) is 5.95. The Morgan fingerprint density at radius 3 is 2.12 bits per heavy atom. The van der Waals surface area contributed by atoms with Crippen molar-refractivity contribution in [1.29, 1.82) is 0 Å². The standard InChI is InChI=1S/C16H18O/c1-12(2)15-6-4-5-7-16(15)13-8-10-14(17-3)11-9-13/h4-12H,1-3H3. The summed E-state index contributed by atoms with van der Waals surface area (Å²) in [7, 11) is 1.69. The summed E-state index contributed by atoms with van der Waals surface area (Å²) in [6, 6.07) is 16.8. The molecule has 0 amide bonds. The summed E-state index contributed by atoms with van der Waals surface area (Å²) in [5.41, 5.74) is 3.94. The van der Waals surface area contributed by atoms with E-state index in [9.17, 15) is 0 Å². The molecule has 1 heteroatoms. The fraction of sp³-hybridized carbons (Fsp3) is 0.250. The van der Waals surface area contributed by atoms with Gasteiger partial charge in [0.1, 0.15) is 5.75 Å². The molecule has 0 aliphatic rings. The highest BCUT2D eigenvalue weighted by Gasteiger charge is 2.07. The summed E-state index contributed by atoms with van der Waals surface area (Å²) in [5, 5.41) is 0. The molecule has 0 aliphatic heterocycles. The molecule has 0 heterocycles. The molecule has 1 nitrogen and oxygen atoms in total. The van der Waals surface area contributed by atoms with Crippen molar-refractivity contribution in [2.24, 2.45) is 0 Å². The summed E-state index contributed by atoms with van der Waals surface area (Å²) >= 11 is 0. The maximum atomic E-state index is 5.18. The van der Waals surface area contributed by atoms with Gasteiger partial charge in [0, 0.05) is 0 Å². The summed E-state index contributed by atoms with van der Waals surface area (Å²) in [6.45, 7) is 4.45. The molecule has 0 radical (unpaired) electrons. The lowest BCUT2D eigenvalue weighted by atomic mass is 9.93. The summed E-state index contributed by atoms with van der Waals surface area (Å²) in [6.07, 6.45) is 0. The average molecular weight is 226 g/mol. The molecule has 0 saturated heterocycles. The van der Waals surface area contributed by atoms with Crippen LogP contribution in [-0.4, -0.2) is 7.11 Å². The van der Waals surface area contributed by atoms with Crippen LogP contribution in [0.15, 0.2) is 48.5 Å². The molecule has 17 heavy (non-hydrogen) atoms. The molecule has 0 fully saturated rings.